The van der Waals surface area contributed by atoms with Crippen molar-refractivity contribution in [2.45, 2.75) is 58.3 Å². The summed E-state index contributed by atoms with van der Waals surface area (Å²) in [4.78, 5) is 27.6. The molecule has 0 saturated carbocycles. The molecule has 3 rings (SSSR count). The second-order valence-corrected chi connectivity index (χ2v) is 7.81. The van der Waals surface area contributed by atoms with Crippen LogP contribution in [0.3, 0.4) is 0 Å². The zero-order chi connectivity index (χ0) is 20.1. The lowest BCUT2D eigenvalue weighted by molar-refractivity contribution is -0.137. The fourth-order valence-corrected chi connectivity index (χ4v) is 4.27. The molecule has 152 valence electrons. The van der Waals surface area contributed by atoms with E-state index in [0.29, 0.717) is 5.91 Å². The highest BCUT2D eigenvalue weighted by atomic mass is 16.2. The van der Waals surface area contributed by atoms with Gasteiger partial charge < -0.3 is 4.90 Å². The Morgan fingerprint density at radius 2 is 1.71 bits per heavy atom. The maximum Gasteiger partial charge on any atom is 0.350 e. The van der Waals surface area contributed by atoms with E-state index in [1.807, 2.05) is 35.2 Å². The molecule has 1 amide bonds. The third kappa shape index (κ3) is 4.21. The van der Waals surface area contributed by atoms with E-state index >= 15 is 0 Å². The van der Waals surface area contributed by atoms with Crippen molar-refractivity contribution in [1.82, 2.24) is 19.2 Å². The van der Waals surface area contributed by atoms with Gasteiger partial charge in [0.2, 0.25) is 5.91 Å². The monoisotopic (exact) mass is 384 g/mol. The first kappa shape index (κ1) is 20.4. The van der Waals surface area contributed by atoms with Gasteiger partial charge in [-0.15, -0.1) is 0 Å². The van der Waals surface area contributed by atoms with E-state index in [2.05, 4.69) is 18.9 Å². The summed E-state index contributed by atoms with van der Waals surface area (Å²) in [5.74, 6) is 1.46. The molecule has 1 aromatic heterocycles. The molecule has 6 nitrogen and oxygen atoms in total. The molecule has 28 heavy (non-hydrogen) atoms. The quantitative estimate of drug-likeness (QED) is 0.734. The van der Waals surface area contributed by atoms with E-state index in [-0.39, 0.29) is 17.5 Å². The normalized spacial score (nSPS) is 15.4. The van der Waals surface area contributed by atoms with Crippen LogP contribution in [-0.2, 0) is 11.8 Å². The number of benzene rings is 1. The highest BCUT2D eigenvalue weighted by Gasteiger charge is 2.31. The molecule has 6 heteroatoms. The van der Waals surface area contributed by atoms with E-state index < -0.39 is 0 Å². The molecule has 2 aromatic rings. The number of carbonyl (C=O) groups is 1. The van der Waals surface area contributed by atoms with Gasteiger partial charge in [-0.25, -0.2) is 14.0 Å². The molecule has 1 aliphatic rings. The summed E-state index contributed by atoms with van der Waals surface area (Å²) >= 11 is 0. The minimum atomic E-state index is -0.120. The van der Waals surface area contributed by atoms with Gasteiger partial charge in [-0.2, -0.15) is 5.10 Å². The predicted molar refractivity (Wildman–Crippen MR) is 111 cm³/mol. The van der Waals surface area contributed by atoms with Gasteiger partial charge in [0.1, 0.15) is 5.82 Å². The number of aromatic nitrogens is 3. The number of carbonyl (C=O) groups excluding carboxylic acids is 1. The Balaban J connectivity index is 1.75. The van der Waals surface area contributed by atoms with Crippen LogP contribution >= 0.6 is 0 Å². The number of para-hydroxylation sites is 1. The summed E-state index contributed by atoms with van der Waals surface area (Å²) in [6, 6.07) is 9.68. The number of nitrogens with zero attached hydrogens (tertiary/aromatic N) is 4. The third-order valence-electron chi connectivity index (χ3n) is 5.76. The molecule has 1 aromatic carbocycles. The molecule has 2 heterocycles. The highest BCUT2D eigenvalue weighted by molar-refractivity contribution is 5.78. The van der Waals surface area contributed by atoms with Gasteiger partial charge in [0.05, 0.1) is 5.69 Å². The van der Waals surface area contributed by atoms with Crippen LogP contribution in [0, 0.1) is 5.92 Å². The molecular weight excluding hydrogens is 352 g/mol. The Morgan fingerprint density at radius 1 is 1.11 bits per heavy atom. The first-order valence-corrected chi connectivity index (χ1v) is 10.6. The van der Waals surface area contributed by atoms with E-state index in [1.165, 1.54) is 4.68 Å². The summed E-state index contributed by atoms with van der Waals surface area (Å²) < 4.78 is 3.14. The molecule has 0 N–H and O–H groups in total. The fourth-order valence-electron chi connectivity index (χ4n) is 4.27. The maximum atomic E-state index is 12.9. The first-order valence-electron chi connectivity index (χ1n) is 10.6. The van der Waals surface area contributed by atoms with Gasteiger partial charge in [0.25, 0.3) is 0 Å². The third-order valence-corrected chi connectivity index (χ3v) is 5.76. The minimum Gasteiger partial charge on any atom is -0.342 e. The second-order valence-electron chi connectivity index (χ2n) is 7.81. The van der Waals surface area contributed by atoms with Crippen LogP contribution in [0.2, 0.25) is 0 Å². The Labute approximate surface area is 167 Å². The van der Waals surface area contributed by atoms with Crippen molar-refractivity contribution in [1.29, 1.82) is 0 Å². The SMILES string of the molecule is CCCC(CCC)C(=O)N1CCC(c2nn(C)c(=O)n2-c2ccccc2)CC1. The Kier molecular flexibility index (Phi) is 6.70. The largest absolute Gasteiger partial charge is 0.350 e. The molecule has 0 spiro atoms. The Hall–Kier alpha value is -2.37. The van der Waals surface area contributed by atoms with Crippen LogP contribution in [0.1, 0.15) is 64.1 Å². The molecule has 0 atom stereocenters. The van der Waals surface area contributed by atoms with Gasteiger partial charge in [-0.3, -0.25) is 4.79 Å². The first-order chi connectivity index (χ1) is 13.6. The molecule has 0 bridgehead atoms. The van der Waals surface area contributed by atoms with Crippen molar-refractivity contribution in [3.05, 3.63) is 46.6 Å². The molecule has 0 unspecified atom stereocenters. The predicted octanol–water partition coefficient (Wildman–Crippen LogP) is 3.49. The summed E-state index contributed by atoms with van der Waals surface area (Å²) in [5.41, 5.74) is 0.728. The average molecular weight is 385 g/mol. The second kappa shape index (κ2) is 9.22. The van der Waals surface area contributed by atoms with Crippen molar-refractivity contribution in [2.75, 3.05) is 13.1 Å². The van der Waals surface area contributed by atoms with Crippen molar-refractivity contribution in [3.63, 3.8) is 0 Å². The van der Waals surface area contributed by atoms with Gasteiger partial charge in [-0.05, 0) is 37.8 Å². The van der Waals surface area contributed by atoms with Gasteiger partial charge in [-0.1, -0.05) is 44.9 Å². The summed E-state index contributed by atoms with van der Waals surface area (Å²) in [5, 5.41) is 4.54. The minimum absolute atomic E-state index is 0.120. The van der Waals surface area contributed by atoms with Crippen LogP contribution in [0.4, 0.5) is 0 Å². The van der Waals surface area contributed by atoms with E-state index in [0.717, 1.165) is 63.1 Å². The number of hydrogen-bond acceptors (Lipinski definition) is 3. The molecular formula is C22H32N4O2. The summed E-state index contributed by atoms with van der Waals surface area (Å²) in [6.45, 7) is 5.78. The molecule has 1 saturated heterocycles. The maximum absolute atomic E-state index is 12.9. The van der Waals surface area contributed by atoms with Crippen molar-refractivity contribution in [2.24, 2.45) is 13.0 Å². The topological polar surface area (TPSA) is 60.1 Å². The van der Waals surface area contributed by atoms with Crippen LogP contribution in [0.5, 0.6) is 0 Å². The molecule has 1 fully saturated rings. The van der Waals surface area contributed by atoms with Crippen molar-refractivity contribution >= 4 is 5.91 Å². The molecule has 0 radical (unpaired) electrons. The van der Waals surface area contributed by atoms with Crippen LogP contribution < -0.4 is 5.69 Å². The summed E-state index contributed by atoms with van der Waals surface area (Å²) in [7, 11) is 1.70. The molecule has 0 aliphatic carbocycles. The number of likely N-dealkylation sites (tertiary alicyclic amines) is 1. The van der Waals surface area contributed by atoms with Gasteiger partial charge in [0, 0.05) is 32.0 Å². The Morgan fingerprint density at radius 3 is 2.29 bits per heavy atom. The Bertz CT molecular complexity index is 826. The lowest BCUT2D eigenvalue weighted by atomic mass is 9.92. The lowest BCUT2D eigenvalue weighted by Crippen LogP contribution is -2.41. The van der Waals surface area contributed by atoms with E-state index in [4.69, 9.17) is 0 Å². The fraction of sp³-hybridized carbons (Fsp3) is 0.591. The highest BCUT2D eigenvalue weighted by Crippen LogP contribution is 2.29. The van der Waals surface area contributed by atoms with E-state index in [1.54, 1.807) is 11.6 Å². The number of aryl methyl sites for hydroxylation is 1. The van der Waals surface area contributed by atoms with Gasteiger partial charge >= 0.3 is 5.69 Å². The van der Waals surface area contributed by atoms with E-state index in [9.17, 15) is 9.59 Å². The van der Waals surface area contributed by atoms with Crippen molar-refractivity contribution < 1.29 is 4.79 Å². The number of hydrogen-bond donors (Lipinski definition) is 0. The average Bonchev–Trinajstić information content (AvgIpc) is 3.02. The zero-order valence-corrected chi connectivity index (χ0v) is 17.3. The standard InChI is InChI=1S/C22H32N4O2/c1-4-9-18(10-5-2)21(27)25-15-13-17(14-16-25)20-23-24(3)22(28)26(20)19-11-7-6-8-12-19/h6-8,11-12,17-18H,4-5,9-10,13-16H2,1-3H3. The van der Waals surface area contributed by atoms with Crippen molar-refractivity contribution in [3.8, 4) is 5.69 Å². The summed E-state index contributed by atoms with van der Waals surface area (Å²) in [6.07, 6.45) is 5.73. The number of amides is 1. The van der Waals surface area contributed by atoms with Gasteiger partial charge in [0.15, 0.2) is 0 Å². The number of rotatable bonds is 7. The zero-order valence-electron chi connectivity index (χ0n) is 17.3. The van der Waals surface area contributed by atoms with Crippen LogP contribution in [0.25, 0.3) is 5.69 Å². The number of piperidine rings is 1. The van der Waals surface area contributed by atoms with Crippen LogP contribution in [-0.4, -0.2) is 38.2 Å². The smallest absolute Gasteiger partial charge is 0.342 e. The molecule has 1 aliphatic heterocycles. The lowest BCUT2D eigenvalue weighted by Gasteiger charge is -2.34. The van der Waals surface area contributed by atoms with Crippen LogP contribution in [0.15, 0.2) is 35.1 Å².